The van der Waals surface area contributed by atoms with Crippen molar-refractivity contribution >= 4 is 17.5 Å². The molecule has 0 radical (unpaired) electrons. The third kappa shape index (κ3) is 4.85. The number of hydrogen-bond donors (Lipinski definition) is 2. The van der Waals surface area contributed by atoms with Gasteiger partial charge >= 0.3 is 0 Å². The van der Waals surface area contributed by atoms with Gasteiger partial charge in [-0.2, -0.15) is 5.26 Å². The van der Waals surface area contributed by atoms with Crippen LogP contribution in [0.15, 0.2) is 48.5 Å². The molecule has 0 unspecified atom stereocenters. The van der Waals surface area contributed by atoms with Crippen molar-refractivity contribution in [2.24, 2.45) is 0 Å². The largest absolute Gasteiger partial charge is 0.497 e. The summed E-state index contributed by atoms with van der Waals surface area (Å²) in [7, 11) is 1.57. The lowest BCUT2D eigenvalue weighted by atomic mass is 10.1. The summed E-state index contributed by atoms with van der Waals surface area (Å²) in [5.74, 6) is 0.121. The van der Waals surface area contributed by atoms with Crippen LogP contribution >= 0.6 is 0 Å². The summed E-state index contributed by atoms with van der Waals surface area (Å²) in [5, 5.41) is 13.9. The Morgan fingerprint density at radius 2 is 1.92 bits per heavy atom. The Morgan fingerprint density at radius 1 is 1.17 bits per heavy atom. The number of amides is 2. The van der Waals surface area contributed by atoms with Gasteiger partial charge in [0.05, 0.1) is 13.2 Å². The molecule has 2 aromatic rings. The van der Waals surface area contributed by atoms with Gasteiger partial charge in [-0.05, 0) is 42.0 Å². The summed E-state index contributed by atoms with van der Waals surface area (Å²) in [6.45, 7) is 0.298. The van der Waals surface area contributed by atoms with Gasteiger partial charge in [0.15, 0.2) is 0 Å². The number of ether oxygens (including phenoxy) is 1. The average Bonchev–Trinajstić information content (AvgIpc) is 2.60. The number of rotatable bonds is 6. The molecular formula is C18H17N3O3. The summed E-state index contributed by atoms with van der Waals surface area (Å²) in [6, 6.07) is 15.7. The Balaban J connectivity index is 1.99. The van der Waals surface area contributed by atoms with Crippen molar-refractivity contribution in [1.82, 2.24) is 5.32 Å². The molecule has 0 bridgehead atoms. The molecule has 0 aliphatic rings. The first-order valence-electron chi connectivity index (χ1n) is 7.30. The maximum Gasteiger partial charge on any atom is 0.255 e. The van der Waals surface area contributed by atoms with E-state index < -0.39 is 0 Å². The molecule has 0 spiro atoms. The zero-order valence-electron chi connectivity index (χ0n) is 13.2. The Kier molecular flexibility index (Phi) is 5.92. The van der Waals surface area contributed by atoms with Gasteiger partial charge in [0.1, 0.15) is 12.2 Å². The minimum absolute atomic E-state index is 0.173. The summed E-state index contributed by atoms with van der Waals surface area (Å²) in [4.78, 5) is 23.5. The van der Waals surface area contributed by atoms with Crippen LogP contribution in [0, 0.1) is 11.3 Å². The van der Waals surface area contributed by atoms with Crippen LogP contribution in [-0.2, 0) is 11.3 Å². The molecule has 6 nitrogen and oxygen atoms in total. The van der Waals surface area contributed by atoms with E-state index in [2.05, 4.69) is 10.6 Å². The smallest absolute Gasteiger partial charge is 0.255 e. The van der Waals surface area contributed by atoms with Crippen molar-refractivity contribution in [3.05, 3.63) is 59.7 Å². The van der Waals surface area contributed by atoms with Crippen LogP contribution in [-0.4, -0.2) is 18.9 Å². The van der Waals surface area contributed by atoms with Gasteiger partial charge in [-0.1, -0.05) is 12.1 Å². The van der Waals surface area contributed by atoms with Crippen molar-refractivity contribution in [2.45, 2.75) is 13.0 Å². The van der Waals surface area contributed by atoms with E-state index in [1.165, 1.54) is 0 Å². The number of carbonyl (C=O) groups excluding carboxylic acids is 2. The van der Waals surface area contributed by atoms with E-state index >= 15 is 0 Å². The number of nitriles is 1. The van der Waals surface area contributed by atoms with Crippen LogP contribution in [0.3, 0.4) is 0 Å². The molecule has 24 heavy (non-hydrogen) atoms. The third-order valence-corrected chi connectivity index (χ3v) is 3.27. The van der Waals surface area contributed by atoms with Gasteiger partial charge in [0.25, 0.3) is 5.91 Å². The number of anilines is 1. The fourth-order valence-electron chi connectivity index (χ4n) is 2.04. The quantitative estimate of drug-likeness (QED) is 0.854. The average molecular weight is 323 g/mol. The number of hydrogen-bond acceptors (Lipinski definition) is 4. The number of methoxy groups -OCH3 is 1. The minimum atomic E-state index is -0.329. The van der Waals surface area contributed by atoms with E-state index in [1.807, 2.05) is 6.07 Å². The van der Waals surface area contributed by atoms with Crippen LogP contribution < -0.4 is 15.4 Å². The standard InChI is InChI=1S/C18H17N3O3/c1-24-16-7-5-14(6-8-16)18(23)21-15-4-2-3-13(11-15)12-20-17(22)9-10-19/h2-8,11H,9,12H2,1H3,(H,20,22)(H,21,23). The third-order valence-electron chi connectivity index (χ3n) is 3.27. The van der Waals surface area contributed by atoms with Crippen molar-refractivity contribution < 1.29 is 14.3 Å². The van der Waals surface area contributed by atoms with E-state index in [1.54, 1.807) is 55.6 Å². The predicted molar refractivity (Wildman–Crippen MR) is 89.5 cm³/mol. The van der Waals surface area contributed by atoms with Gasteiger partial charge in [0.2, 0.25) is 5.91 Å². The van der Waals surface area contributed by atoms with Crippen molar-refractivity contribution in [3.63, 3.8) is 0 Å². The highest BCUT2D eigenvalue weighted by Crippen LogP contribution is 2.15. The molecule has 0 atom stereocenters. The normalized spacial score (nSPS) is 9.67. The fourth-order valence-corrected chi connectivity index (χ4v) is 2.04. The molecule has 0 aliphatic carbocycles. The van der Waals surface area contributed by atoms with E-state index in [4.69, 9.17) is 10.00 Å². The molecule has 0 saturated carbocycles. The second-order valence-electron chi connectivity index (χ2n) is 4.99. The summed E-state index contributed by atoms with van der Waals surface area (Å²) in [5.41, 5.74) is 1.97. The zero-order valence-corrected chi connectivity index (χ0v) is 13.2. The first-order chi connectivity index (χ1) is 11.6. The summed E-state index contributed by atoms with van der Waals surface area (Å²) in [6.07, 6.45) is -0.173. The fraction of sp³-hybridized carbons (Fsp3) is 0.167. The molecule has 2 amide bonds. The molecule has 0 aromatic heterocycles. The monoisotopic (exact) mass is 323 g/mol. The molecule has 2 N–H and O–H groups in total. The zero-order chi connectivity index (χ0) is 17.4. The summed E-state index contributed by atoms with van der Waals surface area (Å²) < 4.78 is 5.06. The molecule has 2 rings (SSSR count). The van der Waals surface area contributed by atoms with Gasteiger partial charge in [-0.3, -0.25) is 9.59 Å². The van der Waals surface area contributed by atoms with Crippen LogP contribution in [0.1, 0.15) is 22.3 Å². The SMILES string of the molecule is COc1ccc(C(=O)Nc2cccc(CNC(=O)CC#N)c2)cc1. The predicted octanol–water partition coefficient (Wildman–Crippen LogP) is 2.48. The maximum absolute atomic E-state index is 12.2. The molecule has 0 fully saturated rings. The second kappa shape index (κ2) is 8.34. The Labute approximate surface area is 140 Å². The Bertz CT molecular complexity index is 764. The molecule has 122 valence electrons. The molecule has 0 saturated heterocycles. The number of benzene rings is 2. The highest BCUT2D eigenvalue weighted by Gasteiger charge is 2.07. The number of nitrogens with one attached hydrogen (secondary N) is 2. The van der Waals surface area contributed by atoms with Gasteiger partial charge in [-0.25, -0.2) is 0 Å². The van der Waals surface area contributed by atoms with E-state index in [9.17, 15) is 9.59 Å². The number of nitrogens with zero attached hydrogens (tertiary/aromatic N) is 1. The first kappa shape index (κ1) is 17.0. The lowest BCUT2D eigenvalue weighted by Gasteiger charge is -2.08. The first-order valence-corrected chi connectivity index (χ1v) is 7.30. The highest BCUT2D eigenvalue weighted by molar-refractivity contribution is 6.04. The Hall–Kier alpha value is -3.33. The van der Waals surface area contributed by atoms with Gasteiger partial charge in [0, 0.05) is 17.8 Å². The molecule has 0 aliphatic heterocycles. The Morgan fingerprint density at radius 3 is 2.58 bits per heavy atom. The second-order valence-corrected chi connectivity index (χ2v) is 4.99. The van der Waals surface area contributed by atoms with Gasteiger partial charge in [-0.15, -0.1) is 0 Å². The van der Waals surface area contributed by atoms with Crippen LogP contribution in [0.4, 0.5) is 5.69 Å². The topological polar surface area (TPSA) is 91.2 Å². The van der Waals surface area contributed by atoms with E-state index in [-0.39, 0.29) is 18.2 Å². The van der Waals surface area contributed by atoms with Crippen molar-refractivity contribution in [2.75, 3.05) is 12.4 Å². The van der Waals surface area contributed by atoms with Gasteiger partial charge < -0.3 is 15.4 Å². The molecule has 2 aromatic carbocycles. The summed E-state index contributed by atoms with van der Waals surface area (Å²) >= 11 is 0. The highest BCUT2D eigenvalue weighted by atomic mass is 16.5. The minimum Gasteiger partial charge on any atom is -0.497 e. The molecule has 0 heterocycles. The van der Waals surface area contributed by atoms with Crippen molar-refractivity contribution in [1.29, 1.82) is 5.26 Å². The van der Waals surface area contributed by atoms with E-state index in [0.717, 1.165) is 5.56 Å². The number of carbonyl (C=O) groups is 2. The van der Waals surface area contributed by atoms with Crippen LogP contribution in [0.25, 0.3) is 0 Å². The molecule has 6 heteroatoms. The van der Waals surface area contributed by atoms with Crippen molar-refractivity contribution in [3.8, 4) is 11.8 Å². The van der Waals surface area contributed by atoms with Crippen LogP contribution in [0.5, 0.6) is 5.75 Å². The van der Waals surface area contributed by atoms with E-state index in [0.29, 0.717) is 23.5 Å². The molecular weight excluding hydrogens is 306 g/mol. The van der Waals surface area contributed by atoms with Crippen LogP contribution in [0.2, 0.25) is 0 Å². The lowest BCUT2D eigenvalue weighted by molar-refractivity contribution is -0.120. The maximum atomic E-state index is 12.2. The lowest BCUT2D eigenvalue weighted by Crippen LogP contribution is -2.21.